The van der Waals surface area contributed by atoms with Crippen molar-refractivity contribution in [2.75, 3.05) is 6.61 Å². The molecule has 0 aromatic rings. The molecule has 1 saturated heterocycles. The molecular formula is C12H13F3O7S. The number of alkyl halides is 3. The Morgan fingerprint density at radius 3 is 2.70 bits per heavy atom. The highest BCUT2D eigenvalue weighted by Crippen LogP contribution is 2.57. The lowest BCUT2D eigenvalue weighted by Crippen LogP contribution is -2.42. The molecule has 2 bridgehead atoms. The lowest BCUT2D eigenvalue weighted by Gasteiger charge is -2.24. The lowest BCUT2D eigenvalue weighted by molar-refractivity contribution is -0.159. The first-order chi connectivity index (χ1) is 10.5. The van der Waals surface area contributed by atoms with Gasteiger partial charge in [0.2, 0.25) is 6.17 Å². The van der Waals surface area contributed by atoms with E-state index in [2.05, 4.69) is 4.74 Å². The van der Waals surface area contributed by atoms with Crippen molar-refractivity contribution in [2.45, 2.75) is 30.4 Å². The van der Waals surface area contributed by atoms with Crippen molar-refractivity contribution in [3.05, 3.63) is 0 Å². The van der Waals surface area contributed by atoms with Crippen molar-refractivity contribution < 1.29 is 45.2 Å². The Bertz CT molecular complexity index is 647. The van der Waals surface area contributed by atoms with E-state index in [0.717, 1.165) is 0 Å². The Morgan fingerprint density at radius 1 is 1.43 bits per heavy atom. The molecule has 6 atom stereocenters. The molecule has 0 aromatic heterocycles. The summed E-state index contributed by atoms with van der Waals surface area (Å²) in [5.74, 6) is -3.51. The summed E-state index contributed by atoms with van der Waals surface area (Å²) in [6.07, 6.45) is -2.61. The van der Waals surface area contributed by atoms with Crippen LogP contribution in [0.4, 0.5) is 13.2 Å². The van der Waals surface area contributed by atoms with Gasteiger partial charge in [-0.15, -0.1) is 0 Å². The van der Waals surface area contributed by atoms with Crippen LogP contribution in [0.3, 0.4) is 0 Å². The van der Waals surface area contributed by atoms with Crippen LogP contribution < -0.4 is 0 Å². The maximum Gasteiger partial charge on any atom is 0.403 e. The number of rotatable bonds is 5. The van der Waals surface area contributed by atoms with E-state index in [-0.39, 0.29) is 17.9 Å². The molecule has 6 unspecified atom stereocenters. The zero-order chi connectivity index (χ0) is 17.2. The smallest absolute Gasteiger partial charge is 0.403 e. The summed E-state index contributed by atoms with van der Waals surface area (Å²) in [7, 11) is -5.97. The van der Waals surface area contributed by atoms with Crippen LogP contribution in [-0.4, -0.2) is 49.0 Å². The predicted molar refractivity (Wildman–Crippen MR) is 65.4 cm³/mol. The van der Waals surface area contributed by atoms with Crippen molar-refractivity contribution in [1.29, 1.82) is 0 Å². The van der Waals surface area contributed by atoms with Gasteiger partial charge in [-0.3, -0.25) is 14.1 Å². The number of carbonyl (C=O) groups excluding carboxylic acids is 2. The third kappa shape index (κ3) is 2.40. The molecule has 3 fully saturated rings. The first kappa shape index (κ1) is 16.5. The van der Waals surface area contributed by atoms with E-state index >= 15 is 0 Å². The van der Waals surface area contributed by atoms with Gasteiger partial charge in [-0.1, -0.05) is 0 Å². The molecule has 3 aliphatic rings. The first-order valence-corrected chi connectivity index (χ1v) is 8.34. The quantitative estimate of drug-likeness (QED) is 0.565. The van der Waals surface area contributed by atoms with Gasteiger partial charge >= 0.3 is 27.3 Å². The summed E-state index contributed by atoms with van der Waals surface area (Å²) in [6.45, 7) is -1.54. The summed E-state index contributed by atoms with van der Waals surface area (Å²) < 4.78 is 78.0. The average Bonchev–Trinajstić information content (AvgIpc) is 3.04. The summed E-state index contributed by atoms with van der Waals surface area (Å²) >= 11 is 0. The van der Waals surface area contributed by atoms with Gasteiger partial charge in [-0.05, 0) is 18.8 Å². The van der Waals surface area contributed by atoms with E-state index in [1.54, 1.807) is 0 Å². The zero-order valence-corrected chi connectivity index (χ0v) is 12.3. The van der Waals surface area contributed by atoms with Crippen LogP contribution in [0.2, 0.25) is 0 Å². The molecule has 11 heteroatoms. The Labute approximate surface area is 128 Å². The molecule has 1 N–H and O–H groups in total. The number of carbonyl (C=O) groups is 2. The van der Waals surface area contributed by atoms with Gasteiger partial charge in [-0.2, -0.15) is 17.2 Å². The topological polar surface area (TPSA) is 107 Å². The fourth-order valence-corrected chi connectivity index (χ4v) is 4.23. The normalized spacial score (nSPS) is 36.9. The van der Waals surface area contributed by atoms with Crippen LogP contribution in [0, 0.1) is 23.7 Å². The average molecular weight is 358 g/mol. The van der Waals surface area contributed by atoms with E-state index < -0.39 is 51.9 Å². The second-order valence-electron chi connectivity index (χ2n) is 6.06. The third-order valence-corrected chi connectivity index (χ3v) is 5.78. The molecule has 7 nitrogen and oxygen atoms in total. The van der Waals surface area contributed by atoms with E-state index in [4.69, 9.17) is 9.29 Å². The van der Waals surface area contributed by atoms with Crippen molar-refractivity contribution in [2.24, 2.45) is 23.7 Å². The van der Waals surface area contributed by atoms with Gasteiger partial charge in [0.15, 0.2) is 0 Å². The van der Waals surface area contributed by atoms with Crippen molar-refractivity contribution in [3.8, 4) is 0 Å². The highest BCUT2D eigenvalue weighted by molar-refractivity contribution is 7.86. The van der Waals surface area contributed by atoms with Crippen LogP contribution in [0.5, 0.6) is 0 Å². The monoisotopic (exact) mass is 358 g/mol. The van der Waals surface area contributed by atoms with Crippen LogP contribution in [-0.2, 0) is 29.2 Å². The molecule has 2 saturated carbocycles. The molecule has 0 aromatic carbocycles. The molecule has 1 heterocycles. The number of hydrogen-bond acceptors (Lipinski definition) is 6. The van der Waals surface area contributed by atoms with Crippen LogP contribution in [0.1, 0.15) is 12.8 Å². The minimum absolute atomic E-state index is 0.120. The molecule has 2 aliphatic carbocycles. The minimum Gasteiger partial charge on any atom is -0.462 e. The van der Waals surface area contributed by atoms with Crippen LogP contribution >= 0.6 is 0 Å². The molecule has 3 rings (SSSR count). The van der Waals surface area contributed by atoms with Gasteiger partial charge in [0.1, 0.15) is 12.7 Å². The van der Waals surface area contributed by atoms with Gasteiger partial charge in [0.25, 0.3) is 0 Å². The molecule has 1 aliphatic heterocycles. The van der Waals surface area contributed by atoms with E-state index in [9.17, 15) is 31.2 Å². The van der Waals surface area contributed by atoms with E-state index in [1.165, 1.54) is 0 Å². The van der Waals surface area contributed by atoms with Gasteiger partial charge in [0, 0.05) is 5.92 Å². The summed E-state index contributed by atoms with van der Waals surface area (Å²) in [4.78, 5) is 23.7. The maximum atomic E-state index is 13.3. The Hall–Kier alpha value is -1.36. The first-order valence-electron chi connectivity index (χ1n) is 6.90. The second-order valence-corrected chi connectivity index (χ2v) is 7.55. The van der Waals surface area contributed by atoms with Crippen LogP contribution in [0.25, 0.3) is 0 Å². The summed E-state index contributed by atoms with van der Waals surface area (Å²) in [5.41, 5.74) is 0. The summed E-state index contributed by atoms with van der Waals surface area (Å²) in [6, 6.07) is 0. The van der Waals surface area contributed by atoms with Gasteiger partial charge in [0.05, 0.1) is 11.8 Å². The summed E-state index contributed by atoms with van der Waals surface area (Å²) in [5, 5.41) is -5.08. The minimum atomic E-state index is -5.97. The lowest BCUT2D eigenvalue weighted by atomic mass is 9.80. The largest absolute Gasteiger partial charge is 0.462 e. The Morgan fingerprint density at radius 2 is 2.09 bits per heavy atom. The van der Waals surface area contributed by atoms with Crippen molar-refractivity contribution in [3.63, 3.8) is 0 Å². The second kappa shape index (κ2) is 5.07. The Balaban J connectivity index is 1.64. The molecule has 23 heavy (non-hydrogen) atoms. The number of hydrogen-bond donors (Lipinski definition) is 1. The predicted octanol–water partition coefficient (Wildman–Crippen LogP) is 0.546. The zero-order valence-electron chi connectivity index (χ0n) is 11.5. The van der Waals surface area contributed by atoms with Crippen molar-refractivity contribution in [1.82, 2.24) is 0 Å². The molecule has 0 amide bonds. The highest BCUT2D eigenvalue weighted by atomic mass is 32.2. The van der Waals surface area contributed by atoms with Gasteiger partial charge in [-0.25, -0.2) is 4.39 Å². The van der Waals surface area contributed by atoms with E-state index in [0.29, 0.717) is 12.8 Å². The fraction of sp³-hybridized carbons (Fsp3) is 0.833. The maximum absolute atomic E-state index is 13.3. The number of esters is 2. The van der Waals surface area contributed by atoms with E-state index in [1.807, 2.05) is 0 Å². The SMILES string of the molecule is O=C(OCC(F)C(F)(F)S(=O)(=O)O)C1C2CC3OC(=O)C1C3C2. The standard InChI is InChI=1S/C12H13F3O7S/c13-7(12(14,15)23(18,19)20)3-21-10(16)8-4-1-5-6(2-4)22-11(17)9(5)8/h4-9H,1-3H2,(H,18,19,20). The number of fused-ring (bicyclic) bond motifs is 1. The fourth-order valence-electron chi connectivity index (χ4n) is 3.84. The Kier molecular flexibility index (Phi) is 3.63. The number of ether oxygens (including phenoxy) is 2. The molecule has 0 radical (unpaired) electrons. The van der Waals surface area contributed by atoms with Crippen LogP contribution in [0.15, 0.2) is 0 Å². The third-order valence-electron chi connectivity index (χ3n) is 4.84. The molecular weight excluding hydrogens is 345 g/mol. The number of halogens is 3. The molecule has 0 spiro atoms. The van der Waals surface area contributed by atoms with Gasteiger partial charge < -0.3 is 9.47 Å². The highest BCUT2D eigenvalue weighted by Gasteiger charge is 2.64. The van der Waals surface area contributed by atoms with Crippen molar-refractivity contribution >= 4 is 22.1 Å². The molecule has 130 valence electrons.